The summed E-state index contributed by atoms with van der Waals surface area (Å²) in [5, 5.41) is 5.71. The molecule has 4 amide bonds. The summed E-state index contributed by atoms with van der Waals surface area (Å²) in [5.41, 5.74) is 1.42. The highest BCUT2D eigenvalue weighted by Gasteiger charge is 2.60. The van der Waals surface area contributed by atoms with Crippen LogP contribution < -0.4 is 15.4 Å². The van der Waals surface area contributed by atoms with Crippen LogP contribution in [-0.2, 0) is 19.2 Å². The number of nitrogens with zero attached hydrogens (tertiary/aromatic N) is 1. The van der Waals surface area contributed by atoms with Gasteiger partial charge in [0.15, 0.2) is 6.10 Å². The number of ether oxygens (including phenoxy) is 1. The number of carbonyl (C=O) groups excluding carboxylic acids is 4. The van der Waals surface area contributed by atoms with Crippen molar-refractivity contribution in [2.24, 2.45) is 23.7 Å². The average molecular weight is 425 g/mol. The number of carbonyl (C=O) groups is 4. The second-order valence-corrected chi connectivity index (χ2v) is 9.20. The van der Waals surface area contributed by atoms with Crippen molar-refractivity contribution < 1.29 is 23.9 Å². The van der Waals surface area contributed by atoms with Crippen molar-refractivity contribution in [1.29, 1.82) is 0 Å². The van der Waals surface area contributed by atoms with Gasteiger partial charge in [0.1, 0.15) is 12.3 Å². The number of rotatable bonds is 5. The van der Waals surface area contributed by atoms with Gasteiger partial charge in [-0.15, -0.1) is 0 Å². The molecule has 1 aromatic rings. The van der Waals surface area contributed by atoms with Gasteiger partial charge in [0, 0.05) is 0 Å². The van der Waals surface area contributed by atoms with Gasteiger partial charge in [0.05, 0.1) is 23.6 Å². The SMILES string of the molecule is CCC1Oc2cc(C(C)NC(=O)CN3C(=O)[C@@H]4[C@@H]5CC[C@@H](C5)[C@@H]4C3=O)ccc2NC1=O. The number of likely N-dealkylation sites (tertiary alicyclic amines) is 1. The molecule has 2 N–H and O–H groups in total. The molecule has 8 heteroatoms. The maximum absolute atomic E-state index is 12.8. The smallest absolute Gasteiger partial charge is 0.265 e. The van der Waals surface area contributed by atoms with Crippen LogP contribution in [0.3, 0.4) is 0 Å². The van der Waals surface area contributed by atoms with E-state index in [1.165, 1.54) is 4.90 Å². The van der Waals surface area contributed by atoms with Crippen molar-refractivity contribution in [3.63, 3.8) is 0 Å². The summed E-state index contributed by atoms with van der Waals surface area (Å²) in [4.78, 5) is 51.4. The van der Waals surface area contributed by atoms with Crippen molar-refractivity contribution in [1.82, 2.24) is 10.2 Å². The van der Waals surface area contributed by atoms with E-state index in [9.17, 15) is 19.2 Å². The van der Waals surface area contributed by atoms with Gasteiger partial charge in [-0.1, -0.05) is 13.0 Å². The molecule has 4 aliphatic rings. The number of amides is 4. The van der Waals surface area contributed by atoms with Crippen molar-refractivity contribution in [3.8, 4) is 5.75 Å². The highest BCUT2D eigenvalue weighted by atomic mass is 16.5. The first-order valence-electron chi connectivity index (χ1n) is 11.1. The first kappa shape index (κ1) is 20.0. The lowest BCUT2D eigenvalue weighted by molar-refractivity contribution is -0.144. The summed E-state index contributed by atoms with van der Waals surface area (Å²) < 4.78 is 5.77. The molecule has 8 nitrogen and oxygen atoms in total. The average Bonchev–Trinajstić information content (AvgIpc) is 3.43. The molecule has 0 spiro atoms. The largest absolute Gasteiger partial charge is 0.478 e. The summed E-state index contributed by atoms with van der Waals surface area (Å²) in [6, 6.07) is 5.02. The van der Waals surface area contributed by atoms with Crippen LogP contribution in [0.4, 0.5) is 5.69 Å². The maximum atomic E-state index is 12.8. The third-order valence-electron chi connectivity index (χ3n) is 7.39. The number of imide groups is 1. The third kappa shape index (κ3) is 3.20. The maximum Gasteiger partial charge on any atom is 0.265 e. The number of hydrogen-bond acceptors (Lipinski definition) is 5. The van der Waals surface area contributed by atoms with Crippen LogP contribution in [0.15, 0.2) is 18.2 Å². The van der Waals surface area contributed by atoms with E-state index >= 15 is 0 Å². The van der Waals surface area contributed by atoms with E-state index in [-0.39, 0.29) is 48.1 Å². The minimum atomic E-state index is -0.533. The topological polar surface area (TPSA) is 105 Å². The van der Waals surface area contributed by atoms with Gasteiger partial charge in [0.2, 0.25) is 17.7 Å². The summed E-state index contributed by atoms with van der Waals surface area (Å²) in [6.07, 6.45) is 3.03. The van der Waals surface area contributed by atoms with Gasteiger partial charge in [-0.05, 0) is 62.1 Å². The first-order chi connectivity index (χ1) is 14.9. The summed E-state index contributed by atoms with van der Waals surface area (Å²) in [7, 11) is 0. The van der Waals surface area contributed by atoms with Gasteiger partial charge in [0.25, 0.3) is 5.91 Å². The Bertz CT molecular complexity index is 948. The van der Waals surface area contributed by atoms with Crippen LogP contribution in [-0.4, -0.2) is 41.2 Å². The van der Waals surface area contributed by atoms with E-state index in [1.54, 1.807) is 12.1 Å². The van der Waals surface area contributed by atoms with Crippen molar-refractivity contribution in [2.75, 3.05) is 11.9 Å². The molecule has 2 aliphatic heterocycles. The van der Waals surface area contributed by atoms with E-state index < -0.39 is 6.10 Å². The predicted molar refractivity (Wildman–Crippen MR) is 111 cm³/mol. The molecule has 2 saturated carbocycles. The highest BCUT2D eigenvalue weighted by molar-refractivity contribution is 6.08. The lowest BCUT2D eigenvalue weighted by Crippen LogP contribution is -2.42. The highest BCUT2D eigenvalue weighted by Crippen LogP contribution is 2.56. The Kier molecular flexibility index (Phi) is 4.75. The van der Waals surface area contributed by atoms with Gasteiger partial charge in [-0.25, -0.2) is 0 Å². The molecular formula is C23H27N3O5. The normalized spacial score (nSPS) is 31.7. The van der Waals surface area contributed by atoms with Gasteiger partial charge < -0.3 is 15.4 Å². The van der Waals surface area contributed by atoms with E-state index in [0.29, 0.717) is 29.7 Å². The van der Waals surface area contributed by atoms with Gasteiger partial charge in [-0.3, -0.25) is 24.1 Å². The van der Waals surface area contributed by atoms with E-state index in [4.69, 9.17) is 4.74 Å². The Hall–Kier alpha value is -2.90. The lowest BCUT2D eigenvalue weighted by atomic mass is 9.81. The summed E-state index contributed by atoms with van der Waals surface area (Å²) in [6.45, 7) is 3.48. The summed E-state index contributed by atoms with van der Waals surface area (Å²) >= 11 is 0. The molecule has 6 atom stereocenters. The van der Waals surface area contributed by atoms with Crippen LogP contribution >= 0.6 is 0 Å². The van der Waals surface area contributed by atoms with E-state index in [1.807, 2.05) is 19.9 Å². The van der Waals surface area contributed by atoms with Crippen molar-refractivity contribution in [2.45, 2.75) is 51.7 Å². The van der Waals surface area contributed by atoms with Gasteiger partial charge >= 0.3 is 0 Å². The molecule has 1 saturated heterocycles. The Morgan fingerprint density at radius 2 is 1.87 bits per heavy atom. The van der Waals surface area contributed by atoms with Crippen molar-refractivity contribution >= 4 is 29.3 Å². The van der Waals surface area contributed by atoms with Gasteiger partial charge in [-0.2, -0.15) is 0 Å². The van der Waals surface area contributed by atoms with E-state index in [2.05, 4.69) is 10.6 Å². The van der Waals surface area contributed by atoms with Crippen molar-refractivity contribution in [3.05, 3.63) is 23.8 Å². The Balaban J connectivity index is 1.24. The molecule has 1 aromatic carbocycles. The summed E-state index contributed by atoms with van der Waals surface area (Å²) in [5.74, 6) is -0.114. The molecule has 2 unspecified atom stereocenters. The fraction of sp³-hybridized carbons (Fsp3) is 0.565. The van der Waals surface area contributed by atoms with Crippen LogP contribution in [0.2, 0.25) is 0 Å². The lowest BCUT2D eigenvalue weighted by Gasteiger charge is -2.26. The second-order valence-electron chi connectivity index (χ2n) is 9.20. The number of fused-ring (bicyclic) bond motifs is 6. The van der Waals surface area contributed by atoms with Crippen LogP contribution in [0.1, 0.15) is 51.1 Å². The molecule has 2 aliphatic carbocycles. The quantitative estimate of drug-likeness (QED) is 0.702. The molecule has 5 rings (SSSR count). The molecule has 0 aromatic heterocycles. The Morgan fingerprint density at radius 3 is 2.52 bits per heavy atom. The van der Waals surface area contributed by atoms with E-state index in [0.717, 1.165) is 24.8 Å². The fourth-order valence-electron chi connectivity index (χ4n) is 5.84. The van der Waals surface area contributed by atoms with Crippen LogP contribution in [0.5, 0.6) is 5.75 Å². The number of nitrogens with one attached hydrogen (secondary N) is 2. The zero-order chi connectivity index (χ0) is 21.9. The molecule has 164 valence electrons. The number of benzene rings is 1. The third-order valence-corrected chi connectivity index (χ3v) is 7.39. The molecule has 2 bridgehead atoms. The second kappa shape index (κ2) is 7.35. The standard InChI is InChI=1S/C23H27N3O5/c1-3-16-21(28)25-15-7-6-12(9-17(15)31-16)11(2)24-18(27)10-26-22(29)19-13-4-5-14(8-13)20(19)23(26)30/h6-7,9,11,13-14,16,19-20H,3-5,8,10H2,1-2H3,(H,24,27)(H,25,28)/t11?,13-,14+,16?,19-,20+. The molecule has 3 fully saturated rings. The molecule has 31 heavy (non-hydrogen) atoms. The Labute approximate surface area is 180 Å². The zero-order valence-corrected chi connectivity index (χ0v) is 17.7. The molecular weight excluding hydrogens is 398 g/mol. The predicted octanol–water partition coefficient (Wildman–Crippen LogP) is 2.00. The fourth-order valence-corrected chi connectivity index (χ4v) is 5.84. The Morgan fingerprint density at radius 1 is 1.19 bits per heavy atom. The number of hydrogen-bond donors (Lipinski definition) is 2. The first-order valence-corrected chi connectivity index (χ1v) is 11.1. The van der Waals surface area contributed by atoms with Crippen LogP contribution in [0.25, 0.3) is 0 Å². The minimum Gasteiger partial charge on any atom is -0.478 e. The zero-order valence-electron chi connectivity index (χ0n) is 17.7. The minimum absolute atomic E-state index is 0.165. The van der Waals surface area contributed by atoms with Crippen LogP contribution in [0, 0.1) is 23.7 Å². The molecule has 0 radical (unpaired) electrons. The molecule has 2 heterocycles. The number of anilines is 1. The monoisotopic (exact) mass is 425 g/mol.